The van der Waals surface area contributed by atoms with E-state index in [4.69, 9.17) is 19.8 Å². The first-order valence-electron chi connectivity index (χ1n) is 9.54. The molecule has 3 aliphatic heterocycles. The zero-order valence-electron chi connectivity index (χ0n) is 16.8. The number of rotatable bonds is 2. The van der Waals surface area contributed by atoms with Gasteiger partial charge < -0.3 is 19.6 Å². The lowest BCUT2D eigenvalue weighted by atomic mass is 10.0. The van der Waals surface area contributed by atoms with E-state index < -0.39 is 15.7 Å². The third-order valence-electron chi connectivity index (χ3n) is 6.05. The first-order chi connectivity index (χ1) is 14.1. The smallest absolute Gasteiger partial charge is 0.290 e. The molecule has 2 amide bonds. The SMILES string of the molecule is Cc1cc(C(=O)N2CC[C@@]34OCCCN3C(=O)C[C@@H]24)cc(S(N)(=O)=O)c1C.O=CO. The van der Waals surface area contributed by atoms with Gasteiger partial charge >= 0.3 is 0 Å². The molecule has 1 aromatic rings. The van der Waals surface area contributed by atoms with Crippen molar-refractivity contribution < 1.29 is 32.6 Å². The molecular weight excluding hydrogens is 414 g/mol. The van der Waals surface area contributed by atoms with E-state index >= 15 is 0 Å². The lowest BCUT2D eigenvalue weighted by Gasteiger charge is -2.42. The van der Waals surface area contributed by atoms with Gasteiger partial charge in [-0.15, -0.1) is 0 Å². The van der Waals surface area contributed by atoms with Gasteiger partial charge in [0.05, 0.1) is 24.0 Å². The summed E-state index contributed by atoms with van der Waals surface area (Å²) in [6.45, 7) is 4.85. The van der Waals surface area contributed by atoms with Gasteiger partial charge in [-0.2, -0.15) is 0 Å². The number of aryl methyl sites for hydroxylation is 1. The lowest BCUT2D eigenvalue weighted by Crippen LogP contribution is -2.56. The number of carbonyl (C=O) groups is 3. The van der Waals surface area contributed by atoms with Crippen LogP contribution in [0.4, 0.5) is 0 Å². The molecule has 164 valence electrons. The van der Waals surface area contributed by atoms with Crippen LogP contribution in [0.3, 0.4) is 0 Å². The van der Waals surface area contributed by atoms with E-state index in [0.717, 1.165) is 6.42 Å². The standard InChI is InChI=1S/C18H23N3O5S.CH2O2/c1-11-8-13(9-14(12(11)2)27(19,24)25)17(23)20-6-4-18-15(20)10-16(22)21(18)5-3-7-26-18;2-1-3/h8-9,15H,3-7,10H2,1-2H3,(H2,19,24,25);1H,(H,2,3)/t15-,18+;/m1./s1. The van der Waals surface area contributed by atoms with Crippen LogP contribution < -0.4 is 5.14 Å². The van der Waals surface area contributed by atoms with Crippen LogP contribution in [-0.4, -0.2) is 73.1 Å². The number of sulfonamides is 1. The summed E-state index contributed by atoms with van der Waals surface area (Å²) >= 11 is 0. The second-order valence-corrected chi connectivity index (χ2v) is 9.16. The summed E-state index contributed by atoms with van der Waals surface area (Å²) in [6.07, 6.45) is 1.60. The minimum Gasteiger partial charge on any atom is -0.483 e. The molecule has 0 saturated carbocycles. The highest BCUT2D eigenvalue weighted by molar-refractivity contribution is 7.89. The second kappa shape index (κ2) is 7.97. The summed E-state index contributed by atoms with van der Waals surface area (Å²) in [6, 6.07) is 2.66. The Bertz CT molecular complexity index is 994. The number of primary sulfonamides is 1. The Hall–Kier alpha value is -2.50. The van der Waals surface area contributed by atoms with Crippen molar-refractivity contribution in [3.63, 3.8) is 0 Å². The maximum atomic E-state index is 13.2. The summed E-state index contributed by atoms with van der Waals surface area (Å²) in [5.41, 5.74) is 0.746. The number of hydrogen-bond donors (Lipinski definition) is 2. The van der Waals surface area contributed by atoms with Crippen molar-refractivity contribution in [1.82, 2.24) is 9.80 Å². The molecule has 3 heterocycles. The number of ether oxygens (including phenoxy) is 1. The fourth-order valence-electron chi connectivity index (χ4n) is 4.60. The van der Waals surface area contributed by atoms with Crippen LogP contribution in [0.1, 0.15) is 40.7 Å². The van der Waals surface area contributed by atoms with E-state index in [0.29, 0.717) is 37.2 Å². The van der Waals surface area contributed by atoms with Crippen molar-refractivity contribution in [3.05, 3.63) is 28.8 Å². The molecule has 3 saturated heterocycles. The van der Waals surface area contributed by atoms with E-state index in [9.17, 15) is 18.0 Å². The van der Waals surface area contributed by atoms with Gasteiger partial charge in [-0.25, -0.2) is 13.6 Å². The Morgan fingerprint density at radius 2 is 2.00 bits per heavy atom. The van der Waals surface area contributed by atoms with Crippen LogP contribution >= 0.6 is 0 Å². The summed E-state index contributed by atoms with van der Waals surface area (Å²) in [5, 5.41) is 12.2. The minimum atomic E-state index is -3.94. The van der Waals surface area contributed by atoms with Crippen LogP contribution in [0, 0.1) is 13.8 Å². The van der Waals surface area contributed by atoms with E-state index in [2.05, 4.69) is 0 Å². The number of carbonyl (C=O) groups excluding carboxylic acids is 2. The van der Waals surface area contributed by atoms with Crippen molar-refractivity contribution in [2.45, 2.75) is 49.8 Å². The highest BCUT2D eigenvalue weighted by Gasteiger charge is 2.61. The van der Waals surface area contributed by atoms with Crippen LogP contribution in [0.5, 0.6) is 0 Å². The van der Waals surface area contributed by atoms with Crippen molar-refractivity contribution >= 4 is 28.3 Å². The quantitative estimate of drug-likeness (QED) is 0.626. The van der Waals surface area contributed by atoms with Crippen molar-refractivity contribution in [3.8, 4) is 0 Å². The van der Waals surface area contributed by atoms with Gasteiger partial charge in [0, 0.05) is 25.1 Å². The highest BCUT2D eigenvalue weighted by Crippen LogP contribution is 2.45. The molecule has 3 aliphatic rings. The maximum Gasteiger partial charge on any atom is 0.290 e. The molecule has 1 spiro atoms. The molecule has 0 unspecified atom stereocenters. The monoisotopic (exact) mass is 439 g/mol. The normalized spacial score (nSPS) is 25.3. The summed E-state index contributed by atoms with van der Waals surface area (Å²) < 4.78 is 29.8. The first kappa shape index (κ1) is 22.2. The highest BCUT2D eigenvalue weighted by atomic mass is 32.2. The van der Waals surface area contributed by atoms with Gasteiger partial charge in [-0.3, -0.25) is 14.4 Å². The zero-order valence-corrected chi connectivity index (χ0v) is 17.6. The molecule has 10 nitrogen and oxygen atoms in total. The van der Waals surface area contributed by atoms with Gasteiger partial charge in [0.15, 0.2) is 5.72 Å². The molecule has 3 N–H and O–H groups in total. The fraction of sp³-hybridized carbons (Fsp3) is 0.526. The first-order valence-corrected chi connectivity index (χ1v) is 11.1. The Morgan fingerprint density at radius 3 is 2.63 bits per heavy atom. The molecule has 0 aliphatic carbocycles. The van der Waals surface area contributed by atoms with Gasteiger partial charge in [0.2, 0.25) is 15.9 Å². The van der Waals surface area contributed by atoms with Gasteiger partial charge in [-0.05, 0) is 43.5 Å². The lowest BCUT2D eigenvalue weighted by molar-refractivity contribution is -0.179. The van der Waals surface area contributed by atoms with Crippen LogP contribution in [0.15, 0.2) is 17.0 Å². The average molecular weight is 439 g/mol. The van der Waals surface area contributed by atoms with E-state index in [-0.39, 0.29) is 41.2 Å². The maximum absolute atomic E-state index is 13.2. The predicted molar refractivity (Wildman–Crippen MR) is 105 cm³/mol. The van der Waals surface area contributed by atoms with Crippen LogP contribution in [0.2, 0.25) is 0 Å². The molecule has 11 heteroatoms. The number of carboxylic acid groups (broad SMARTS) is 1. The zero-order chi connectivity index (χ0) is 22.3. The molecule has 0 aromatic heterocycles. The Kier molecular flexibility index (Phi) is 5.89. The minimum absolute atomic E-state index is 0.00233. The topological polar surface area (TPSA) is 147 Å². The molecule has 0 bridgehead atoms. The largest absolute Gasteiger partial charge is 0.483 e. The Balaban J connectivity index is 0.000000806. The molecule has 30 heavy (non-hydrogen) atoms. The van der Waals surface area contributed by atoms with Gasteiger partial charge in [-0.1, -0.05) is 0 Å². The third kappa shape index (κ3) is 3.57. The van der Waals surface area contributed by atoms with E-state index in [1.807, 2.05) is 0 Å². The molecule has 1 aromatic carbocycles. The average Bonchev–Trinajstić information content (AvgIpc) is 3.15. The number of nitrogens with two attached hydrogens (primary N) is 1. The summed E-state index contributed by atoms with van der Waals surface area (Å²) in [4.78, 5) is 37.4. The summed E-state index contributed by atoms with van der Waals surface area (Å²) in [7, 11) is -3.94. The van der Waals surface area contributed by atoms with E-state index in [1.54, 1.807) is 29.7 Å². The third-order valence-corrected chi connectivity index (χ3v) is 7.08. The van der Waals surface area contributed by atoms with Crippen molar-refractivity contribution in [1.29, 1.82) is 0 Å². The number of benzene rings is 1. The van der Waals surface area contributed by atoms with Crippen LogP contribution in [0.25, 0.3) is 0 Å². The van der Waals surface area contributed by atoms with Crippen molar-refractivity contribution in [2.75, 3.05) is 19.7 Å². The molecule has 0 radical (unpaired) electrons. The number of nitrogens with zero attached hydrogens (tertiary/aromatic N) is 2. The Morgan fingerprint density at radius 1 is 1.33 bits per heavy atom. The van der Waals surface area contributed by atoms with Gasteiger partial charge in [0.1, 0.15) is 0 Å². The molecule has 4 rings (SSSR count). The number of likely N-dealkylation sites (tertiary alicyclic amines) is 1. The van der Waals surface area contributed by atoms with E-state index in [1.165, 1.54) is 6.07 Å². The predicted octanol–water partition coefficient (Wildman–Crippen LogP) is 0.215. The number of amides is 2. The van der Waals surface area contributed by atoms with Crippen LogP contribution in [-0.2, 0) is 24.3 Å². The van der Waals surface area contributed by atoms with Gasteiger partial charge in [0.25, 0.3) is 12.4 Å². The summed E-state index contributed by atoms with van der Waals surface area (Å²) in [5.74, 6) is -0.295. The second-order valence-electron chi connectivity index (χ2n) is 7.63. The Labute approximate surface area is 174 Å². The number of hydrogen-bond acceptors (Lipinski definition) is 6. The fourth-order valence-corrected chi connectivity index (χ4v) is 5.48. The van der Waals surface area contributed by atoms with Crippen molar-refractivity contribution in [2.24, 2.45) is 5.14 Å². The molecular formula is C19H25N3O7S. The molecule has 2 atom stereocenters. The molecule has 3 fully saturated rings.